The van der Waals surface area contributed by atoms with Crippen LogP contribution in [0.2, 0.25) is 0 Å². The Balaban J connectivity index is 1.35. The molecule has 8 fully saturated rings. The molecule has 2 heteroatoms. The minimum Gasteiger partial charge on any atom is -0.469 e. The van der Waals surface area contributed by atoms with Crippen LogP contribution < -0.4 is 0 Å². The summed E-state index contributed by atoms with van der Waals surface area (Å²) in [4.78, 5) is 13.1. The molecule has 25 heavy (non-hydrogen) atoms. The predicted octanol–water partition coefficient (Wildman–Crippen LogP) is 4.92. The van der Waals surface area contributed by atoms with Crippen molar-refractivity contribution >= 4 is 5.97 Å². The second kappa shape index (κ2) is 5.49. The molecular formula is C23H34O2. The molecule has 0 aromatic rings. The summed E-state index contributed by atoms with van der Waals surface area (Å²) in [5.74, 6) is 9.12. The molecule has 8 bridgehead atoms. The summed E-state index contributed by atoms with van der Waals surface area (Å²) in [7, 11) is 1.65. The standard InChI is InChI=1S/C23H34O2/c1-25-23(24)22(20-16-4-12-2-13(6-16)7-17(20)5-12)21-18-8-14-3-15(10-18)11-19(21)9-14/h12-22H,2-11H2,1H3. The van der Waals surface area contributed by atoms with Crippen molar-refractivity contribution in [2.45, 2.75) is 64.2 Å². The number of methoxy groups -OCH3 is 1. The summed E-state index contributed by atoms with van der Waals surface area (Å²) in [6.45, 7) is 0. The monoisotopic (exact) mass is 342 g/mol. The van der Waals surface area contributed by atoms with Gasteiger partial charge in [0, 0.05) is 0 Å². The van der Waals surface area contributed by atoms with Gasteiger partial charge in [-0.05, 0) is 123 Å². The Kier molecular flexibility index (Phi) is 3.41. The zero-order chi connectivity index (χ0) is 16.7. The van der Waals surface area contributed by atoms with Gasteiger partial charge in [-0.3, -0.25) is 4.79 Å². The van der Waals surface area contributed by atoms with E-state index in [1.807, 2.05) is 0 Å². The highest BCUT2D eigenvalue weighted by Gasteiger charge is 2.58. The van der Waals surface area contributed by atoms with Crippen molar-refractivity contribution < 1.29 is 9.53 Å². The van der Waals surface area contributed by atoms with Crippen molar-refractivity contribution in [2.75, 3.05) is 7.11 Å². The molecule has 0 aliphatic heterocycles. The van der Waals surface area contributed by atoms with Gasteiger partial charge < -0.3 is 4.74 Å². The largest absolute Gasteiger partial charge is 0.469 e. The maximum atomic E-state index is 13.1. The molecule has 0 radical (unpaired) electrons. The van der Waals surface area contributed by atoms with E-state index in [0.717, 1.165) is 47.3 Å². The molecule has 8 aliphatic carbocycles. The van der Waals surface area contributed by atoms with Crippen LogP contribution in [0, 0.1) is 65.1 Å². The van der Waals surface area contributed by atoms with Gasteiger partial charge in [-0.1, -0.05) is 0 Å². The van der Waals surface area contributed by atoms with E-state index in [1.54, 1.807) is 7.11 Å². The average molecular weight is 343 g/mol. The van der Waals surface area contributed by atoms with Crippen molar-refractivity contribution in [1.82, 2.24) is 0 Å². The summed E-state index contributed by atoms with van der Waals surface area (Å²) in [6, 6.07) is 0. The van der Waals surface area contributed by atoms with Gasteiger partial charge in [0.1, 0.15) is 0 Å². The first-order chi connectivity index (χ1) is 12.2. The van der Waals surface area contributed by atoms with Crippen molar-refractivity contribution in [1.29, 1.82) is 0 Å². The number of ether oxygens (including phenoxy) is 1. The van der Waals surface area contributed by atoms with Crippen LogP contribution in [0.5, 0.6) is 0 Å². The summed E-state index contributed by atoms with van der Waals surface area (Å²) in [6.07, 6.45) is 14.4. The van der Waals surface area contributed by atoms with Crippen LogP contribution in [-0.2, 0) is 9.53 Å². The van der Waals surface area contributed by atoms with Crippen LogP contribution in [0.25, 0.3) is 0 Å². The first-order valence-corrected chi connectivity index (χ1v) is 11.3. The molecule has 2 nitrogen and oxygen atoms in total. The van der Waals surface area contributed by atoms with Gasteiger partial charge in [-0.25, -0.2) is 0 Å². The number of hydrogen-bond donors (Lipinski definition) is 0. The van der Waals surface area contributed by atoms with Crippen LogP contribution in [0.3, 0.4) is 0 Å². The molecule has 0 N–H and O–H groups in total. The Labute approximate surface area is 152 Å². The zero-order valence-corrected chi connectivity index (χ0v) is 15.7. The van der Waals surface area contributed by atoms with Crippen LogP contribution in [0.1, 0.15) is 64.2 Å². The molecule has 8 rings (SSSR count). The molecule has 0 amide bonds. The van der Waals surface area contributed by atoms with Gasteiger partial charge in [0.15, 0.2) is 0 Å². The minimum absolute atomic E-state index is 0.176. The number of hydrogen-bond acceptors (Lipinski definition) is 2. The van der Waals surface area contributed by atoms with E-state index in [-0.39, 0.29) is 11.9 Å². The lowest BCUT2D eigenvalue weighted by Gasteiger charge is -2.61. The first kappa shape index (κ1) is 15.5. The molecular weight excluding hydrogens is 308 g/mol. The van der Waals surface area contributed by atoms with E-state index >= 15 is 0 Å². The second-order valence-electron chi connectivity index (χ2n) is 11.1. The lowest BCUT2D eigenvalue weighted by atomic mass is 9.44. The molecule has 8 saturated carbocycles. The minimum atomic E-state index is 0.176. The molecule has 0 aromatic carbocycles. The van der Waals surface area contributed by atoms with Crippen LogP contribution in [0.4, 0.5) is 0 Å². The molecule has 0 heterocycles. The van der Waals surface area contributed by atoms with Crippen LogP contribution in [-0.4, -0.2) is 13.1 Å². The summed E-state index contributed by atoms with van der Waals surface area (Å²) in [5.41, 5.74) is 0. The van der Waals surface area contributed by atoms with E-state index < -0.39 is 0 Å². The van der Waals surface area contributed by atoms with Crippen molar-refractivity contribution in [2.24, 2.45) is 65.1 Å². The summed E-state index contributed by atoms with van der Waals surface area (Å²) < 4.78 is 5.49. The van der Waals surface area contributed by atoms with E-state index in [4.69, 9.17) is 4.74 Å². The third-order valence-electron chi connectivity index (χ3n) is 9.90. The Morgan fingerprint density at radius 1 is 0.640 bits per heavy atom. The molecule has 8 aliphatic rings. The van der Waals surface area contributed by atoms with Gasteiger partial charge in [-0.2, -0.15) is 0 Å². The van der Waals surface area contributed by atoms with E-state index in [1.165, 1.54) is 64.2 Å². The quantitative estimate of drug-likeness (QED) is 0.681. The Hall–Kier alpha value is -0.530. The van der Waals surface area contributed by atoms with Gasteiger partial charge in [-0.15, -0.1) is 0 Å². The van der Waals surface area contributed by atoms with Crippen LogP contribution in [0.15, 0.2) is 0 Å². The van der Waals surface area contributed by atoms with E-state index in [9.17, 15) is 4.79 Å². The van der Waals surface area contributed by atoms with E-state index in [2.05, 4.69) is 0 Å². The number of esters is 1. The maximum absolute atomic E-state index is 13.1. The molecule has 0 spiro atoms. The molecule has 0 saturated heterocycles. The van der Waals surface area contributed by atoms with Gasteiger partial charge in [0.25, 0.3) is 0 Å². The van der Waals surface area contributed by atoms with Crippen LogP contribution >= 0.6 is 0 Å². The Bertz CT molecular complexity index is 468. The SMILES string of the molecule is COC(=O)C(C1C2CC3CC(C2)CC1C3)C1C2CC3CC(C2)CC1C3. The number of carbonyl (C=O) groups is 1. The lowest BCUT2D eigenvalue weighted by molar-refractivity contribution is -0.172. The highest BCUT2D eigenvalue weighted by molar-refractivity contribution is 5.73. The van der Waals surface area contributed by atoms with Crippen molar-refractivity contribution in [3.63, 3.8) is 0 Å². The zero-order valence-electron chi connectivity index (χ0n) is 15.7. The van der Waals surface area contributed by atoms with Gasteiger partial charge >= 0.3 is 5.97 Å². The lowest BCUT2D eigenvalue weighted by Crippen LogP contribution is -2.56. The average Bonchev–Trinajstić information content (AvgIpc) is 2.57. The molecule has 138 valence electrons. The summed E-state index contributed by atoms with van der Waals surface area (Å²) in [5, 5.41) is 0. The number of carbonyl (C=O) groups excluding carboxylic acids is 1. The fourth-order valence-corrected chi connectivity index (χ4v) is 9.81. The highest BCUT2D eigenvalue weighted by atomic mass is 16.5. The topological polar surface area (TPSA) is 26.3 Å². The summed E-state index contributed by atoms with van der Waals surface area (Å²) >= 11 is 0. The molecule has 0 atom stereocenters. The smallest absolute Gasteiger partial charge is 0.309 e. The first-order valence-electron chi connectivity index (χ1n) is 11.3. The Morgan fingerprint density at radius 2 is 0.960 bits per heavy atom. The van der Waals surface area contributed by atoms with Crippen molar-refractivity contribution in [3.8, 4) is 0 Å². The van der Waals surface area contributed by atoms with E-state index in [0.29, 0.717) is 11.8 Å². The van der Waals surface area contributed by atoms with Gasteiger partial charge in [0.05, 0.1) is 13.0 Å². The number of rotatable bonds is 3. The second-order valence-corrected chi connectivity index (χ2v) is 11.1. The normalized spacial score (nSPS) is 56.2. The third-order valence-corrected chi connectivity index (χ3v) is 9.90. The molecule has 0 aromatic heterocycles. The fourth-order valence-electron chi connectivity index (χ4n) is 9.81. The maximum Gasteiger partial charge on any atom is 0.309 e. The highest BCUT2D eigenvalue weighted by Crippen LogP contribution is 2.64. The third kappa shape index (κ3) is 2.24. The Morgan fingerprint density at radius 3 is 1.24 bits per heavy atom. The molecule has 0 unspecified atom stereocenters. The fraction of sp³-hybridized carbons (Fsp3) is 0.957. The van der Waals surface area contributed by atoms with Crippen molar-refractivity contribution in [3.05, 3.63) is 0 Å². The predicted molar refractivity (Wildman–Crippen MR) is 96.6 cm³/mol. The van der Waals surface area contributed by atoms with Gasteiger partial charge in [0.2, 0.25) is 0 Å².